The van der Waals surface area contributed by atoms with Crippen molar-refractivity contribution in [1.29, 1.82) is 0 Å². The largest absolute Gasteiger partial charge is 0.493 e. The lowest BCUT2D eigenvalue weighted by Gasteiger charge is -2.18. The van der Waals surface area contributed by atoms with Gasteiger partial charge < -0.3 is 14.8 Å². The first kappa shape index (κ1) is 25.4. The van der Waals surface area contributed by atoms with Gasteiger partial charge in [0.2, 0.25) is 0 Å². The lowest BCUT2D eigenvalue weighted by molar-refractivity contribution is 0.280. The van der Waals surface area contributed by atoms with E-state index >= 15 is 0 Å². The van der Waals surface area contributed by atoms with Gasteiger partial charge in [0.15, 0.2) is 11.5 Å². The Bertz CT molecular complexity index is 951. The molecule has 0 saturated heterocycles. The molecule has 3 aromatic carbocycles. The Labute approximate surface area is 201 Å². The van der Waals surface area contributed by atoms with Gasteiger partial charge in [-0.25, -0.2) is 0 Å². The highest BCUT2D eigenvalue weighted by atomic mass is 35.5. The molecule has 0 aromatic heterocycles. The first-order chi connectivity index (χ1) is 14.6. The maximum Gasteiger partial charge on any atom is 0.166 e. The maximum atomic E-state index is 6.29. The molecule has 1 unspecified atom stereocenters. The Kier molecular flexibility index (Phi) is 10.5. The van der Waals surface area contributed by atoms with Crippen LogP contribution < -0.4 is 14.8 Å². The molecular weight excluding hydrogens is 453 g/mol. The third kappa shape index (κ3) is 7.62. The van der Waals surface area contributed by atoms with Crippen LogP contribution in [0.25, 0.3) is 0 Å². The van der Waals surface area contributed by atoms with Crippen LogP contribution in [0.15, 0.2) is 66.7 Å². The molecule has 0 spiro atoms. The first-order valence-electron chi connectivity index (χ1n) is 10.1. The fourth-order valence-electron chi connectivity index (χ4n) is 3.23. The molecule has 6 heteroatoms. The van der Waals surface area contributed by atoms with Crippen LogP contribution in [0, 0.1) is 0 Å². The van der Waals surface area contributed by atoms with E-state index in [1.54, 1.807) is 13.2 Å². The van der Waals surface area contributed by atoms with Crippen molar-refractivity contribution in [2.45, 2.75) is 39.0 Å². The van der Waals surface area contributed by atoms with Crippen molar-refractivity contribution in [3.8, 4) is 11.5 Å². The molecule has 1 atom stereocenters. The van der Waals surface area contributed by atoms with Crippen LogP contribution in [0.2, 0.25) is 10.0 Å². The highest BCUT2D eigenvalue weighted by Crippen LogP contribution is 2.33. The Hall–Kier alpha value is -1.91. The number of para-hydroxylation sites is 1. The van der Waals surface area contributed by atoms with Crippen LogP contribution >= 0.6 is 35.6 Å². The normalized spacial score (nSPS) is 11.5. The van der Waals surface area contributed by atoms with E-state index in [1.807, 2.05) is 30.3 Å². The molecule has 3 aromatic rings. The lowest BCUT2D eigenvalue weighted by atomic mass is 10.1. The van der Waals surface area contributed by atoms with Crippen molar-refractivity contribution >= 4 is 35.6 Å². The van der Waals surface area contributed by atoms with E-state index in [9.17, 15) is 0 Å². The summed E-state index contributed by atoms with van der Waals surface area (Å²) in [5, 5.41) is 4.80. The van der Waals surface area contributed by atoms with Crippen molar-refractivity contribution in [1.82, 2.24) is 5.32 Å². The van der Waals surface area contributed by atoms with E-state index in [4.69, 9.17) is 32.7 Å². The number of hydrogen-bond acceptors (Lipinski definition) is 3. The zero-order chi connectivity index (χ0) is 21.3. The summed E-state index contributed by atoms with van der Waals surface area (Å²) in [4.78, 5) is 0. The fourth-order valence-corrected chi connectivity index (χ4v) is 3.69. The minimum atomic E-state index is 0. The fraction of sp³-hybridized carbons (Fsp3) is 0.280. The number of ether oxygens (including phenoxy) is 2. The molecule has 0 radical (unpaired) electrons. The highest BCUT2D eigenvalue weighted by Gasteiger charge is 2.13. The molecule has 0 saturated carbocycles. The quantitative estimate of drug-likeness (QED) is 0.335. The van der Waals surface area contributed by atoms with Crippen LogP contribution in [-0.2, 0) is 19.6 Å². The average molecular weight is 481 g/mol. The van der Waals surface area contributed by atoms with Crippen molar-refractivity contribution in [2.75, 3.05) is 7.11 Å². The minimum Gasteiger partial charge on any atom is -0.493 e. The monoisotopic (exact) mass is 479 g/mol. The minimum absolute atomic E-state index is 0. The number of aryl methyl sites for hydroxylation is 1. The summed E-state index contributed by atoms with van der Waals surface area (Å²) in [6.07, 6.45) is 2.11. The third-order valence-corrected chi connectivity index (χ3v) is 5.60. The van der Waals surface area contributed by atoms with E-state index in [0.717, 1.165) is 29.7 Å². The van der Waals surface area contributed by atoms with Gasteiger partial charge >= 0.3 is 0 Å². The topological polar surface area (TPSA) is 30.5 Å². The van der Waals surface area contributed by atoms with Gasteiger partial charge in [0.1, 0.15) is 6.61 Å². The number of halogens is 3. The van der Waals surface area contributed by atoms with E-state index in [1.165, 1.54) is 5.56 Å². The van der Waals surface area contributed by atoms with Crippen molar-refractivity contribution in [3.63, 3.8) is 0 Å². The second kappa shape index (κ2) is 12.8. The SMILES string of the molecule is COc1cccc(CNC(C)CCc2ccccc2)c1OCc1ccc(Cl)cc1Cl.Cl. The molecule has 1 N–H and O–H groups in total. The van der Waals surface area contributed by atoms with Crippen LogP contribution in [0.1, 0.15) is 30.0 Å². The van der Waals surface area contributed by atoms with Gasteiger partial charge in [0.05, 0.1) is 7.11 Å². The van der Waals surface area contributed by atoms with E-state index < -0.39 is 0 Å². The van der Waals surface area contributed by atoms with Crippen molar-refractivity contribution < 1.29 is 9.47 Å². The number of methoxy groups -OCH3 is 1. The van der Waals surface area contributed by atoms with E-state index in [2.05, 4.69) is 42.6 Å². The molecule has 0 aliphatic heterocycles. The average Bonchev–Trinajstić information content (AvgIpc) is 2.76. The molecular formula is C25H28Cl3NO2. The Balaban J connectivity index is 0.00000341. The van der Waals surface area contributed by atoms with E-state index in [0.29, 0.717) is 35.0 Å². The molecule has 0 fully saturated rings. The van der Waals surface area contributed by atoms with Crippen LogP contribution in [0.3, 0.4) is 0 Å². The first-order valence-corrected chi connectivity index (χ1v) is 10.8. The van der Waals surface area contributed by atoms with Gasteiger partial charge in [-0.15, -0.1) is 12.4 Å². The zero-order valence-corrected chi connectivity index (χ0v) is 20.1. The molecule has 0 heterocycles. The smallest absolute Gasteiger partial charge is 0.166 e. The maximum absolute atomic E-state index is 6.29. The van der Waals surface area contributed by atoms with Gasteiger partial charge in [0.25, 0.3) is 0 Å². The van der Waals surface area contributed by atoms with Crippen molar-refractivity contribution in [2.24, 2.45) is 0 Å². The molecule has 166 valence electrons. The number of hydrogen-bond donors (Lipinski definition) is 1. The summed E-state index contributed by atoms with van der Waals surface area (Å²) in [7, 11) is 1.65. The van der Waals surface area contributed by atoms with E-state index in [-0.39, 0.29) is 12.4 Å². The molecule has 31 heavy (non-hydrogen) atoms. The third-order valence-electron chi connectivity index (χ3n) is 5.02. The summed E-state index contributed by atoms with van der Waals surface area (Å²) < 4.78 is 11.7. The Morgan fingerprint density at radius 3 is 2.42 bits per heavy atom. The number of benzene rings is 3. The number of nitrogens with one attached hydrogen (secondary N) is 1. The molecule has 0 aliphatic rings. The van der Waals surface area contributed by atoms with Crippen LogP contribution in [-0.4, -0.2) is 13.2 Å². The predicted molar refractivity (Wildman–Crippen MR) is 132 cm³/mol. The zero-order valence-electron chi connectivity index (χ0n) is 17.7. The highest BCUT2D eigenvalue weighted by molar-refractivity contribution is 6.35. The lowest BCUT2D eigenvalue weighted by Crippen LogP contribution is -2.26. The predicted octanol–water partition coefficient (Wildman–Crippen LogP) is 7.11. The standard InChI is InChI=1S/C25H27Cl2NO2.ClH/c1-18(11-12-19-7-4-3-5-8-19)28-16-20-9-6-10-24(29-2)25(20)30-17-21-13-14-22(26)15-23(21)27;/h3-10,13-15,18,28H,11-12,16-17H2,1-2H3;1H. The van der Waals surface area contributed by atoms with Crippen LogP contribution in [0.4, 0.5) is 0 Å². The Morgan fingerprint density at radius 1 is 0.935 bits per heavy atom. The van der Waals surface area contributed by atoms with Gasteiger partial charge in [-0.05, 0) is 43.5 Å². The summed E-state index contributed by atoms with van der Waals surface area (Å²) >= 11 is 12.3. The van der Waals surface area contributed by atoms with Gasteiger partial charge in [-0.2, -0.15) is 0 Å². The van der Waals surface area contributed by atoms with Gasteiger partial charge in [0, 0.05) is 33.8 Å². The molecule has 0 bridgehead atoms. The van der Waals surface area contributed by atoms with Crippen LogP contribution in [0.5, 0.6) is 11.5 Å². The molecule has 0 aliphatic carbocycles. The second-order valence-corrected chi connectivity index (χ2v) is 8.12. The summed E-state index contributed by atoms with van der Waals surface area (Å²) in [6.45, 7) is 3.24. The summed E-state index contributed by atoms with van der Waals surface area (Å²) in [5.41, 5.74) is 3.28. The molecule has 3 nitrogen and oxygen atoms in total. The summed E-state index contributed by atoms with van der Waals surface area (Å²) in [6, 6.07) is 22.3. The van der Waals surface area contributed by atoms with Gasteiger partial charge in [-0.3, -0.25) is 0 Å². The van der Waals surface area contributed by atoms with Gasteiger partial charge in [-0.1, -0.05) is 71.7 Å². The Morgan fingerprint density at radius 2 is 1.71 bits per heavy atom. The number of rotatable bonds is 10. The van der Waals surface area contributed by atoms with Crippen molar-refractivity contribution in [3.05, 3.63) is 93.5 Å². The second-order valence-electron chi connectivity index (χ2n) is 7.28. The molecule has 3 rings (SSSR count). The summed E-state index contributed by atoms with van der Waals surface area (Å²) in [5.74, 6) is 1.44. The molecule has 0 amide bonds.